The highest BCUT2D eigenvalue weighted by Crippen LogP contribution is 2.32. The SMILES string of the molecule is CC(=O)Nc1ccccc1CC(=O)N1CCCC1c1ccc(=O)[nH]c1. The Bertz CT molecular complexity index is 823. The van der Waals surface area contributed by atoms with Crippen molar-refractivity contribution in [1.29, 1.82) is 0 Å². The number of rotatable bonds is 4. The van der Waals surface area contributed by atoms with Crippen LogP contribution in [0.3, 0.4) is 0 Å². The van der Waals surface area contributed by atoms with Crippen molar-refractivity contribution in [2.24, 2.45) is 0 Å². The third kappa shape index (κ3) is 3.96. The van der Waals surface area contributed by atoms with E-state index in [9.17, 15) is 14.4 Å². The molecule has 6 heteroatoms. The van der Waals surface area contributed by atoms with E-state index in [1.165, 1.54) is 13.0 Å². The highest BCUT2D eigenvalue weighted by molar-refractivity contribution is 5.91. The van der Waals surface area contributed by atoms with Gasteiger partial charge in [0.2, 0.25) is 17.4 Å². The topological polar surface area (TPSA) is 82.3 Å². The van der Waals surface area contributed by atoms with Gasteiger partial charge in [-0.05, 0) is 30.0 Å². The zero-order valence-corrected chi connectivity index (χ0v) is 14.1. The molecule has 3 rings (SSSR count). The average Bonchev–Trinajstić information content (AvgIpc) is 3.06. The minimum absolute atomic E-state index is 0.0164. The number of carbonyl (C=O) groups excluding carboxylic acids is 2. The number of amides is 2. The molecular weight excluding hydrogens is 318 g/mol. The molecule has 25 heavy (non-hydrogen) atoms. The van der Waals surface area contributed by atoms with E-state index in [1.807, 2.05) is 23.1 Å². The van der Waals surface area contributed by atoms with Gasteiger partial charge < -0.3 is 15.2 Å². The largest absolute Gasteiger partial charge is 0.335 e. The van der Waals surface area contributed by atoms with Crippen LogP contribution in [0.15, 0.2) is 47.4 Å². The van der Waals surface area contributed by atoms with E-state index < -0.39 is 0 Å². The summed E-state index contributed by atoms with van der Waals surface area (Å²) < 4.78 is 0. The Kier molecular flexibility index (Phi) is 4.97. The molecule has 2 N–H and O–H groups in total. The minimum atomic E-state index is -0.160. The summed E-state index contributed by atoms with van der Waals surface area (Å²) in [7, 11) is 0. The van der Waals surface area contributed by atoms with Gasteiger partial charge in [0.05, 0.1) is 12.5 Å². The second-order valence-corrected chi connectivity index (χ2v) is 6.25. The van der Waals surface area contributed by atoms with Gasteiger partial charge in [-0.2, -0.15) is 0 Å². The fourth-order valence-electron chi connectivity index (χ4n) is 3.29. The lowest BCUT2D eigenvalue weighted by atomic mass is 10.1. The predicted molar refractivity (Wildman–Crippen MR) is 95.2 cm³/mol. The number of carbonyl (C=O) groups is 2. The molecule has 0 saturated carbocycles. The molecule has 6 nitrogen and oxygen atoms in total. The summed E-state index contributed by atoms with van der Waals surface area (Å²) in [6, 6.07) is 10.6. The summed E-state index contributed by atoms with van der Waals surface area (Å²) in [4.78, 5) is 40.0. The molecular formula is C19H21N3O3. The monoisotopic (exact) mass is 339 g/mol. The van der Waals surface area contributed by atoms with E-state index in [0.29, 0.717) is 12.2 Å². The predicted octanol–water partition coefficient (Wildman–Crippen LogP) is 2.24. The number of nitrogens with zero attached hydrogens (tertiary/aromatic N) is 1. The third-order valence-corrected chi connectivity index (χ3v) is 4.44. The quantitative estimate of drug-likeness (QED) is 0.896. The lowest BCUT2D eigenvalue weighted by molar-refractivity contribution is -0.131. The zero-order valence-electron chi connectivity index (χ0n) is 14.1. The molecule has 1 atom stereocenters. The number of H-pyrrole nitrogens is 1. The van der Waals surface area contributed by atoms with Crippen LogP contribution in [0.25, 0.3) is 0 Å². The number of likely N-dealkylation sites (tertiary alicyclic amines) is 1. The number of aromatic amines is 1. The Morgan fingerprint density at radius 3 is 2.76 bits per heavy atom. The maximum Gasteiger partial charge on any atom is 0.247 e. The molecule has 2 amide bonds. The van der Waals surface area contributed by atoms with Gasteiger partial charge in [-0.3, -0.25) is 14.4 Å². The van der Waals surface area contributed by atoms with Gasteiger partial charge in [-0.15, -0.1) is 0 Å². The van der Waals surface area contributed by atoms with Gasteiger partial charge in [-0.25, -0.2) is 0 Å². The Labute approximate surface area is 145 Å². The van der Waals surface area contributed by atoms with Crippen molar-refractivity contribution in [3.8, 4) is 0 Å². The van der Waals surface area contributed by atoms with Crippen LogP contribution >= 0.6 is 0 Å². The number of hydrogen-bond acceptors (Lipinski definition) is 3. The number of para-hydroxylation sites is 1. The van der Waals surface area contributed by atoms with Crippen molar-refractivity contribution in [2.45, 2.75) is 32.2 Å². The Hall–Kier alpha value is -2.89. The molecule has 1 aromatic heterocycles. The van der Waals surface area contributed by atoms with Crippen molar-refractivity contribution >= 4 is 17.5 Å². The first-order valence-corrected chi connectivity index (χ1v) is 8.38. The van der Waals surface area contributed by atoms with Crippen LogP contribution in [0.2, 0.25) is 0 Å². The van der Waals surface area contributed by atoms with Gasteiger partial charge in [0, 0.05) is 31.4 Å². The van der Waals surface area contributed by atoms with Crippen LogP contribution in [-0.4, -0.2) is 28.2 Å². The highest BCUT2D eigenvalue weighted by atomic mass is 16.2. The molecule has 0 radical (unpaired) electrons. The molecule has 1 fully saturated rings. The van der Waals surface area contributed by atoms with Crippen LogP contribution < -0.4 is 10.9 Å². The molecule has 1 unspecified atom stereocenters. The number of aromatic nitrogens is 1. The normalized spacial score (nSPS) is 16.7. The van der Waals surface area contributed by atoms with E-state index in [2.05, 4.69) is 10.3 Å². The lowest BCUT2D eigenvalue weighted by Gasteiger charge is -2.25. The number of benzene rings is 1. The number of nitrogens with one attached hydrogen (secondary N) is 2. The minimum Gasteiger partial charge on any atom is -0.335 e. The molecule has 1 aliphatic heterocycles. The Morgan fingerprint density at radius 1 is 1.24 bits per heavy atom. The van der Waals surface area contributed by atoms with E-state index in [0.717, 1.165) is 24.0 Å². The second-order valence-electron chi connectivity index (χ2n) is 6.25. The van der Waals surface area contributed by atoms with Crippen molar-refractivity contribution in [3.63, 3.8) is 0 Å². The maximum atomic E-state index is 12.8. The van der Waals surface area contributed by atoms with Gasteiger partial charge in [0.15, 0.2) is 0 Å². The lowest BCUT2D eigenvalue weighted by Crippen LogP contribution is -2.32. The van der Waals surface area contributed by atoms with Crippen LogP contribution in [0.4, 0.5) is 5.69 Å². The Morgan fingerprint density at radius 2 is 2.04 bits per heavy atom. The standard InChI is InChI=1S/C19H21N3O3/c1-13(23)21-16-6-3-2-5-14(16)11-19(25)22-10-4-7-17(22)15-8-9-18(24)20-12-15/h2-3,5-6,8-9,12,17H,4,7,10-11H2,1H3,(H,20,24)(H,21,23). The fraction of sp³-hybridized carbons (Fsp3) is 0.316. The van der Waals surface area contributed by atoms with Crippen LogP contribution in [0.1, 0.15) is 36.9 Å². The van der Waals surface area contributed by atoms with Crippen LogP contribution in [-0.2, 0) is 16.0 Å². The smallest absolute Gasteiger partial charge is 0.247 e. The molecule has 1 aliphatic rings. The molecule has 130 valence electrons. The first kappa shape index (κ1) is 17.0. The molecule has 0 bridgehead atoms. The summed E-state index contributed by atoms with van der Waals surface area (Å²) >= 11 is 0. The fourth-order valence-corrected chi connectivity index (χ4v) is 3.29. The average molecular weight is 339 g/mol. The van der Waals surface area contributed by atoms with Crippen LogP contribution in [0, 0.1) is 0 Å². The summed E-state index contributed by atoms with van der Waals surface area (Å²) in [5, 5.41) is 2.77. The third-order valence-electron chi connectivity index (χ3n) is 4.44. The van der Waals surface area contributed by atoms with Gasteiger partial charge in [-0.1, -0.05) is 24.3 Å². The van der Waals surface area contributed by atoms with Crippen molar-refractivity contribution < 1.29 is 9.59 Å². The Balaban J connectivity index is 1.77. The molecule has 0 spiro atoms. The van der Waals surface area contributed by atoms with Gasteiger partial charge >= 0.3 is 0 Å². The van der Waals surface area contributed by atoms with E-state index >= 15 is 0 Å². The van der Waals surface area contributed by atoms with Crippen molar-refractivity contribution in [1.82, 2.24) is 9.88 Å². The second kappa shape index (κ2) is 7.34. The van der Waals surface area contributed by atoms with Gasteiger partial charge in [0.25, 0.3) is 0 Å². The summed E-state index contributed by atoms with van der Waals surface area (Å²) in [6.07, 6.45) is 3.73. The van der Waals surface area contributed by atoms with Crippen molar-refractivity contribution in [3.05, 3.63) is 64.1 Å². The van der Waals surface area contributed by atoms with E-state index in [4.69, 9.17) is 0 Å². The summed E-state index contributed by atoms with van der Waals surface area (Å²) in [5.41, 5.74) is 2.27. The van der Waals surface area contributed by atoms with Gasteiger partial charge in [0.1, 0.15) is 0 Å². The maximum absolute atomic E-state index is 12.8. The molecule has 0 aliphatic carbocycles. The van der Waals surface area contributed by atoms with E-state index in [1.54, 1.807) is 18.3 Å². The number of hydrogen-bond donors (Lipinski definition) is 2. The first-order valence-electron chi connectivity index (χ1n) is 8.38. The summed E-state index contributed by atoms with van der Waals surface area (Å²) in [5.74, 6) is -0.140. The van der Waals surface area contributed by atoms with Crippen molar-refractivity contribution in [2.75, 3.05) is 11.9 Å². The molecule has 1 saturated heterocycles. The van der Waals surface area contributed by atoms with Crippen LogP contribution in [0.5, 0.6) is 0 Å². The highest BCUT2D eigenvalue weighted by Gasteiger charge is 2.30. The van der Waals surface area contributed by atoms with E-state index in [-0.39, 0.29) is 29.8 Å². The summed E-state index contributed by atoms with van der Waals surface area (Å²) in [6.45, 7) is 2.15. The number of pyridine rings is 1. The first-order chi connectivity index (χ1) is 12.0. The molecule has 2 aromatic rings. The number of anilines is 1. The zero-order chi connectivity index (χ0) is 17.8. The molecule has 1 aromatic carbocycles. The molecule has 2 heterocycles.